The molecule has 35 heavy (non-hydrogen) atoms. The van der Waals surface area contributed by atoms with Gasteiger partial charge in [0, 0.05) is 0 Å². The third-order valence-corrected chi connectivity index (χ3v) is 15.9. The molecule has 8 heteroatoms. The quantitative estimate of drug-likeness (QED) is 0.225. The molecule has 0 atom stereocenters. The van der Waals surface area contributed by atoms with Crippen LogP contribution in [0, 0.1) is 0 Å². The van der Waals surface area contributed by atoms with Crippen LogP contribution in [0.25, 0.3) is 0 Å². The number of anilines is 1. The van der Waals surface area contributed by atoms with Crippen molar-refractivity contribution < 1.29 is 18.0 Å². The number of hydrogen-bond donors (Lipinski definition) is 1. The van der Waals surface area contributed by atoms with Gasteiger partial charge in [0.2, 0.25) is 0 Å². The Kier molecular flexibility index (Phi) is 7.23. The molecule has 0 saturated heterocycles. The fraction of sp³-hybridized carbons (Fsp3) is 0.0741. The molecule has 0 fully saturated rings. The van der Waals surface area contributed by atoms with Crippen LogP contribution in [-0.4, -0.2) is 12.1 Å². The van der Waals surface area contributed by atoms with E-state index in [1.54, 1.807) is 12.1 Å². The second-order valence-electron chi connectivity index (χ2n) is 8.10. The zero-order valence-corrected chi connectivity index (χ0v) is 22.4. The van der Waals surface area contributed by atoms with Gasteiger partial charge in [0.05, 0.1) is 0 Å². The summed E-state index contributed by atoms with van der Waals surface area (Å²) in [4.78, 5) is 11.9. The van der Waals surface area contributed by atoms with Crippen molar-refractivity contribution >= 4 is 64.2 Å². The third-order valence-electron chi connectivity index (χ3n) is 5.93. The van der Waals surface area contributed by atoms with E-state index < -0.39 is 17.4 Å². The Morgan fingerprint density at radius 1 is 0.743 bits per heavy atom. The van der Waals surface area contributed by atoms with Gasteiger partial charge in [-0.1, -0.05) is 0 Å². The fourth-order valence-corrected chi connectivity index (χ4v) is 12.3. The van der Waals surface area contributed by atoms with Crippen molar-refractivity contribution in [2.45, 2.75) is 12.3 Å². The van der Waals surface area contributed by atoms with E-state index in [0.717, 1.165) is 15.9 Å². The summed E-state index contributed by atoms with van der Waals surface area (Å²) in [6, 6.07) is 34.8. The predicted octanol–water partition coefficient (Wildman–Crippen LogP) is 7.29. The second-order valence-corrected chi connectivity index (χ2v) is 17.9. The van der Waals surface area contributed by atoms with E-state index >= 15 is 0 Å². The van der Waals surface area contributed by atoms with Crippen LogP contribution < -0.4 is 21.2 Å². The van der Waals surface area contributed by atoms with Crippen molar-refractivity contribution in [3.8, 4) is 0 Å². The van der Waals surface area contributed by atoms with Gasteiger partial charge in [0.15, 0.2) is 0 Å². The molecule has 4 aromatic carbocycles. The van der Waals surface area contributed by atoms with Gasteiger partial charge in [0.25, 0.3) is 0 Å². The third kappa shape index (κ3) is 4.95. The Morgan fingerprint density at radius 2 is 1.17 bits per heavy atom. The van der Waals surface area contributed by atoms with E-state index in [1.165, 1.54) is 6.07 Å². The number of benzene rings is 4. The molecule has 4 aromatic rings. The first-order valence-corrected chi connectivity index (χ1v) is 15.9. The van der Waals surface area contributed by atoms with Crippen molar-refractivity contribution in [2.24, 2.45) is 0 Å². The van der Waals surface area contributed by atoms with E-state index in [1.807, 2.05) is 91.0 Å². The zero-order valence-electron chi connectivity index (χ0n) is 18.3. The fourth-order valence-electron chi connectivity index (χ4n) is 4.25. The minimum absolute atomic E-state index is 0.109. The van der Waals surface area contributed by atoms with Gasteiger partial charge in [-0.25, -0.2) is 0 Å². The number of hydrogen-bond acceptors (Lipinski definition) is 1. The van der Waals surface area contributed by atoms with Gasteiger partial charge in [-0.15, -0.1) is 0 Å². The van der Waals surface area contributed by atoms with Gasteiger partial charge < -0.3 is 0 Å². The second kappa shape index (κ2) is 9.88. The minimum atomic E-state index is -5.00. The monoisotopic (exact) mass is 621 g/mol. The van der Waals surface area contributed by atoms with Crippen LogP contribution in [0.1, 0.15) is 5.56 Å². The van der Waals surface area contributed by atoms with Crippen molar-refractivity contribution in [3.63, 3.8) is 0 Å². The number of nitrogens with one attached hydrogen (secondary N) is 1. The van der Waals surface area contributed by atoms with Crippen LogP contribution in [0.5, 0.6) is 0 Å². The summed E-state index contributed by atoms with van der Waals surface area (Å²) in [6.45, 7) is 0. The number of alkyl halides is 3. The first kappa shape index (κ1) is 25.6. The molecule has 0 aliphatic rings. The Bertz CT molecular complexity index is 1230. The normalized spacial score (nSPS) is 13.0. The van der Waals surface area contributed by atoms with Gasteiger partial charge >= 0.3 is 219 Å². The zero-order chi connectivity index (χ0) is 25.1. The summed E-state index contributed by atoms with van der Waals surface area (Å²) in [6.07, 6.45) is -4.66. The van der Waals surface area contributed by atoms with E-state index in [9.17, 15) is 18.0 Å². The van der Waals surface area contributed by atoms with Gasteiger partial charge in [0.1, 0.15) is 0 Å². The van der Waals surface area contributed by atoms with E-state index in [4.69, 9.17) is 0 Å². The molecular formula is C27H21Br2F3NOP. The molecule has 0 spiro atoms. The van der Waals surface area contributed by atoms with Crippen molar-refractivity contribution in [2.75, 3.05) is 5.32 Å². The van der Waals surface area contributed by atoms with E-state index in [0.29, 0.717) is 16.2 Å². The standard InChI is InChI=1S/C27H21Br2F3NOP/c28-21-17-16-20(25(18-21)33-26(34)27(30,31)32)19-35(29,22-10-4-1-5-11-22,23-12-6-2-7-13-23)24-14-8-3-9-15-24/h1-18H,19H2,(H,33,34). The average Bonchev–Trinajstić information content (AvgIpc) is 2.87. The molecule has 0 aromatic heterocycles. The molecule has 0 saturated carbocycles. The van der Waals surface area contributed by atoms with Crippen molar-refractivity contribution in [3.05, 3.63) is 119 Å². The van der Waals surface area contributed by atoms with Gasteiger partial charge in [-0.3, -0.25) is 0 Å². The summed E-state index contributed by atoms with van der Waals surface area (Å²) in [5, 5.41) is 1.68. The maximum atomic E-state index is 13.2. The van der Waals surface area contributed by atoms with Crippen LogP contribution in [-0.2, 0) is 11.0 Å². The molecule has 0 aliphatic carbocycles. The predicted molar refractivity (Wildman–Crippen MR) is 147 cm³/mol. The molecule has 0 radical (unpaired) electrons. The van der Waals surface area contributed by atoms with Crippen LogP contribution in [0.3, 0.4) is 0 Å². The number of halogens is 5. The first-order chi connectivity index (χ1) is 16.6. The number of carbonyl (C=O) groups is 1. The molecule has 1 N–H and O–H groups in total. The SMILES string of the molecule is O=C(Nc1cc(Br)ccc1CP(Br)(c1ccccc1)(c1ccccc1)c1ccccc1)C(F)(F)F. The average molecular weight is 623 g/mol. The molecule has 4 rings (SSSR count). The molecule has 0 heterocycles. The summed E-state index contributed by atoms with van der Waals surface area (Å²) >= 11 is 7.63. The Hall–Kier alpha value is -2.47. The van der Waals surface area contributed by atoms with Crippen molar-refractivity contribution in [1.29, 1.82) is 0 Å². The van der Waals surface area contributed by atoms with Crippen LogP contribution in [0.4, 0.5) is 18.9 Å². The molecular weight excluding hydrogens is 602 g/mol. The van der Waals surface area contributed by atoms with Gasteiger partial charge in [-0.2, -0.15) is 0 Å². The number of amides is 1. The van der Waals surface area contributed by atoms with E-state index in [-0.39, 0.29) is 5.69 Å². The summed E-state index contributed by atoms with van der Waals surface area (Å²) in [5.74, 6) is -2.01. The maximum absolute atomic E-state index is 13.2. The van der Waals surface area contributed by atoms with Crippen LogP contribution >= 0.6 is 36.7 Å². The Labute approximate surface area is 218 Å². The van der Waals surface area contributed by atoms with Crippen LogP contribution in [0.2, 0.25) is 0 Å². The molecule has 180 valence electrons. The first-order valence-electron chi connectivity index (χ1n) is 10.7. The summed E-state index contributed by atoms with van der Waals surface area (Å²) in [7, 11) is 0. The molecule has 0 bridgehead atoms. The Morgan fingerprint density at radius 3 is 1.57 bits per heavy atom. The van der Waals surface area contributed by atoms with Crippen molar-refractivity contribution in [1.82, 2.24) is 0 Å². The number of carbonyl (C=O) groups excluding carboxylic acids is 1. The van der Waals surface area contributed by atoms with E-state index in [2.05, 4.69) is 36.7 Å². The molecule has 1 amide bonds. The topological polar surface area (TPSA) is 29.1 Å². The van der Waals surface area contributed by atoms with Gasteiger partial charge in [-0.05, 0) is 0 Å². The number of rotatable bonds is 6. The summed E-state index contributed by atoms with van der Waals surface area (Å²) < 4.78 is 40.0. The molecule has 0 aliphatic heterocycles. The van der Waals surface area contributed by atoms with Crippen LogP contribution in [0.15, 0.2) is 114 Å². The Balaban J connectivity index is 2.02. The molecule has 0 unspecified atom stereocenters. The summed E-state index contributed by atoms with van der Waals surface area (Å²) in [5.41, 5.74) is 0.690. The molecule has 2 nitrogen and oxygen atoms in total.